The Morgan fingerprint density at radius 2 is 2.05 bits per heavy atom. The van der Waals surface area contributed by atoms with Crippen LogP contribution in [0, 0.1) is 6.92 Å². The molecule has 1 aromatic carbocycles. The lowest BCUT2D eigenvalue weighted by atomic mass is 10.3. The number of ether oxygens (including phenoxy) is 1. The van der Waals surface area contributed by atoms with Crippen LogP contribution >= 0.6 is 15.9 Å². The predicted octanol–water partition coefficient (Wildman–Crippen LogP) is 2.59. The molecule has 0 saturated carbocycles. The summed E-state index contributed by atoms with van der Waals surface area (Å²) in [6, 6.07) is 7.50. The topological polar surface area (TPSA) is 85.1 Å². The molecule has 2 aromatic rings. The lowest BCUT2D eigenvalue weighted by Gasteiger charge is -2.12. The van der Waals surface area contributed by atoms with Crippen molar-refractivity contribution in [2.24, 2.45) is 5.84 Å². The summed E-state index contributed by atoms with van der Waals surface area (Å²) in [7, 11) is 1.62. The Hall–Kier alpha value is -1.86. The first-order valence-electron chi connectivity index (χ1n) is 5.55. The Morgan fingerprint density at radius 1 is 1.26 bits per heavy atom. The van der Waals surface area contributed by atoms with E-state index in [1.807, 2.05) is 31.2 Å². The van der Waals surface area contributed by atoms with Gasteiger partial charge in [-0.1, -0.05) is 15.9 Å². The van der Waals surface area contributed by atoms with Crippen molar-refractivity contribution in [2.45, 2.75) is 6.92 Å². The zero-order chi connectivity index (χ0) is 13.8. The molecule has 1 aromatic heterocycles. The zero-order valence-electron chi connectivity index (χ0n) is 10.6. The maximum atomic E-state index is 5.33. The SMILES string of the molecule is COc1ccc(Br)cc1Nc1cc(C)nc(NN)n1. The summed E-state index contributed by atoms with van der Waals surface area (Å²) < 4.78 is 6.24. The molecule has 1 heterocycles. The minimum atomic E-state index is 0.358. The second-order valence-electron chi connectivity index (χ2n) is 3.83. The van der Waals surface area contributed by atoms with E-state index in [9.17, 15) is 0 Å². The Labute approximate surface area is 119 Å². The molecule has 0 amide bonds. The highest BCUT2D eigenvalue weighted by Crippen LogP contribution is 2.30. The van der Waals surface area contributed by atoms with Crippen LogP contribution in [-0.2, 0) is 0 Å². The highest BCUT2D eigenvalue weighted by atomic mass is 79.9. The Kier molecular flexibility index (Phi) is 4.18. The molecule has 19 heavy (non-hydrogen) atoms. The van der Waals surface area contributed by atoms with Crippen molar-refractivity contribution in [3.8, 4) is 5.75 Å². The van der Waals surface area contributed by atoms with E-state index in [1.54, 1.807) is 7.11 Å². The van der Waals surface area contributed by atoms with E-state index < -0.39 is 0 Å². The number of aromatic nitrogens is 2. The lowest BCUT2D eigenvalue weighted by Crippen LogP contribution is -2.12. The van der Waals surface area contributed by atoms with Crippen LogP contribution in [-0.4, -0.2) is 17.1 Å². The third-order valence-corrected chi connectivity index (χ3v) is 2.90. The quantitative estimate of drug-likeness (QED) is 0.592. The maximum absolute atomic E-state index is 5.33. The maximum Gasteiger partial charge on any atom is 0.239 e. The standard InChI is InChI=1S/C12H14BrN5O/c1-7-5-11(17-12(15-7)18-14)16-9-6-8(13)3-4-10(9)19-2/h3-6H,14H2,1-2H3,(H2,15,16,17,18). The number of nitrogens with two attached hydrogens (primary N) is 1. The third-order valence-electron chi connectivity index (χ3n) is 2.41. The Balaban J connectivity index is 2.35. The molecule has 6 nitrogen and oxygen atoms in total. The second kappa shape index (κ2) is 5.85. The van der Waals surface area contributed by atoms with Gasteiger partial charge in [-0.3, -0.25) is 5.43 Å². The number of methoxy groups -OCH3 is 1. The number of rotatable bonds is 4. The minimum absolute atomic E-state index is 0.358. The van der Waals surface area contributed by atoms with E-state index >= 15 is 0 Å². The van der Waals surface area contributed by atoms with Crippen LogP contribution in [0.3, 0.4) is 0 Å². The number of halogens is 1. The summed E-state index contributed by atoms with van der Waals surface area (Å²) in [5, 5.41) is 3.18. The van der Waals surface area contributed by atoms with Crippen molar-refractivity contribution in [1.82, 2.24) is 9.97 Å². The molecule has 0 fully saturated rings. The van der Waals surface area contributed by atoms with Crippen molar-refractivity contribution >= 4 is 33.4 Å². The normalized spacial score (nSPS) is 10.1. The number of hydrazine groups is 1. The Morgan fingerprint density at radius 3 is 2.74 bits per heavy atom. The average Bonchev–Trinajstić information content (AvgIpc) is 2.38. The highest BCUT2D eigenvalue weighted by Gasteiger charge is 2.06. The zero-order valence-corrected chi connectivity index (χ0v) is 12.2. The van der Waals surface area contributed by atoms with Crippen LogP contribution in [0.15, 0.2) is 28.7 Å². The molecule has 0 aliphatic heterocycles. The fraction of sp³-hybridized carbons (Fsp3) is 0.167. The van der Waals surface area contributed by atoms with Gasteiger partial charge in [0.1, 0.15) is 11.6 Å². The molecule has 4 N–H and O–H groups in total. The van der Waals surface area contributed by atoms with E-state index in [-0.39, 0.29) is 0 Å². The lowest BCUT2D eigenvalue weighted by molar-refractivity contribution is 0.416. The van der Waals surface area contributed by atoms with Crippen LogP contribution in [0.2, 0.25) is 0 Å². The van der Waals surface area contributed by atoms with Crippen LogP contribution in [0.25, 0.3) is 0 Å². The van der Waals surface area contributed by atoms with Gasteiger partial charge in [0.2, 0.25) is 5.95 Å². The smallest absolute Gasteiger partial charge is 0.239 e. The summed E-state index contributed by atoms with van der Waals surface area (Å²) in [5.74, 6) is 7.04. The summed E-state index contributed by atoms with van der Waals surface area (Å²) in [4.78, 5) is 8.35. The number of aryl methyl sites for hydroxylation is 1. The molecule has 0 spiro atoms. The van der Waals surface area contributed by atoms with Crippen LogP contribution in [0.5, 0.6) is 5.75 Å². The molecular weight excluding hydrogens is 310 g/mol. The molecule has 2 rings (SSSR count). The number of hydrogen-bond donors (Lipinski definition) is 3. The predicted molar refractivity (Wildman–Crippen MR) is 78.6 cm³/mol. The average molecular weight is 324 g/mol. The third kappa shape index (κ3) is 3.33. The molecule has 0 bridgehead atoms. The fourth-order valence-electron chi connectivity index (χ4n) is 1.61. The molecule has 0 aliphatic carbocycles. The van der Waals surface area contributed by atoms with Crippen LogP contribution in [0.4, 0.5) is 17.5 Å². The van der Waals surface area contributed by atoms with Gasteiger partial charge in [-0.05, 0) is 25.1 Å². The molecule has 0 aliphatic rings. The van der Waals surface area contributed by atoms with Gasteiger partial charge in [-0.15, -0.1) is 0 Å². The fourth-order valence-corrected chi connectivity index (χ4v) is 1.97. The summed E-state index contributed by atoms with van der Waals surface area (Å²) in [6.45, 7) is 1.87. The van der Waals surface area contributed by atoms with Crippen LogP contribution < -0.4 is 21.3 Å². The summed E-state index contributed by atoms with van der Waals surface area (Å²) >= 11 is 3.42. The number of hydrogen-bond acceptors (Lipinski definition) is 6. The summed E-state index contributed by atoms with van der Waals surface area (Å²) in [5.41, 5.74) is 4.04. The van der Waals surface area contributed by atoms with E-state index in [0.29, 0.717) is 11.8 Å². The number of nitrogen functional groups attached to an aromatic ring is 1. The van der Waals surface area contributed by atoms with Gasteiger partial charge in [0.25, 0.3) is 0 Å². The van der Waals surface area contributed by atoms with Gasteiger partial charge in [-0.25, -0.2) is 10.8 Å². The van der Waals surface area contributed by atoms with E-state index in [0.717, 1.165) is 21.6 Å². The molecular formula is C12H14BrN5O. The molecule has 100 valence electrons. The number of nitrogens with one attached hydrogen (secondary N) is 2. The molecule has 0 unspecified atom stereocenters. The van der Waals surface area contributed by atoms with E-state index in [2.05, 4.69) is 36.6 Å². The van der Waals surface area contributed by atoms with Gasteiger partial charge in [-0.2, -0.15) is 4.98 Å². The molecule has 0 radical (unpaired) electrons. The highest BCUT2D eigenvalue weighted by molar-refractivity contribution is 9.10. The van der Waals surface area contributed by atoms with E-state index in [1.165, 1.54) is 0 Å². The summed E-state index contributed by atoms with van der Waals surface area (Å²) in [6.07, 6.45) is 0. The van der Waals surface area contributed by atoms with Gasteiger partial charge < -0.3 is 10.1 Å². The molecule has 0 saturated heterocycles. The van der Waals surface area contributed by atoms with Crippen molar-refractivity contribution in [1.29, 1.82) is 0 Å². The van der Waals surface area contributed by atoms with Crippen molar-refractivity contribution in [3.05, 3.63) is 34.4 Å². The van der Waals surface area contributed by atoms with Crippen molar-refractivity contribution in [3.63, 3.8) is 0 Å². The second-order valence-corrected chi connectivity index (χ2v) is 4.75. The van der Waals surface area contributed by atoms with Gasteiger partial charge in [0, 0.05) is 16.2 Å². The first-order chi connectivity index (χ1) is 9.12. The van der Waals surface area contributed by atoms with Gasteiger partial charge in [0.05, 0.1) is 12.8 Å². The number of nitrogens with zero attached hydrogens (tertiary/aromatic N) is 2. The van der Waals surface area contributed by atoms with E-state index in [4.69, 9.17) is 10.6 Å². The van der Waals surface area contributed by atoms with Crippen molar-refractivity contribution in [2.75, 3.05) is 17.9 Å². The minimum Gasteiger partial charge on any atom is -0.495 e. The largest absolute Gasteiger partial charge is 0.495 e. The first-order valence-corrected chi connectivity index (χ1v) is 6.34. The van der Waals surface area contributed by atoms with Crippen LogP contribution in [0.1, 0.15) is 5.69 Å². The van der Waals surface area contributed by atoms with Gasteiger partial charge in [0.15, 0.2) is 0 Å². The number of anilines is 3. The molecule has 0 atom stereocenters. The number of benzene rings is 1. The van der Waals surface area contributed by atoms with Gasteiger partial charge >= 0.3 is 0 Å². The Bertz CT molecular complexity index is 590. The monoisotopic (exact) mass is 323 g/mol. The van der Waals surface area contributed by atoms with Crippen molar-refractivity contribution < 1.29 is 4.74 Å². The first kappa shape index (κ1) is 13.6. The molecule has 7 heteroatoms.